The Kier molecular flexibility index (Phi) is 10.4. The molecule has 1 N–H and O–H groups in total. The molecule has 146 valence electrons. The van der Waals surface area contributed by atoms with Gasteiger partial charge >= 0.3 is 12.1 Å². The molecular weight excluding hydrogens is 449 g/mol. The van der Waals surface area contributed by atoms with Crippen LogP contribution in [0.25, 0.3) is 0 Å². The second kappa shape index (κ2) is 12.0. The smallest absolute Gasteiger partial charge is 0.408 e. The minimum Gasteiger partial charge on any atom is -0.494 e. The van der Waals surface area contributed by atoms with Crippen molar-refractivity contribution in [3.05, 3.63) is 29.8 Å². The third-order valence-electron chi connectivity index (χ3n) is 3.77. The standard InChI is InChI=1S/C19H28INO5/c1-4-5-12-26-18(23)21-19(2,17(22)24-3)14-15-7-9-16(10-8-15)25-13-6-11-20/h7-10H,4-6,11-14H2,1-3H3,(H,21,23). The molecule has 0 aliphatic heterocycles. The first-order valence-electron chi connectivity index (χ1n) is 8.76. The number of esters is 1. The number of unbranched alkanes of at least 4 members (excludes halogenated alkanes) is 1. The summed E-state index contributed by atoms with van der Waals surface area (Å²) in [7, 11) is 1.30. The zero-order valence-corrected chi connectivity index (χ0v) is 17.8. The molecule has 0 saturated heterocycles. The lowest BCUT2D eigenvalue weighted by atomic mass is 9.93. The van der Waals surface area contributed by atoms with Gasteiger partial charge in [-0.15, -0.1) is 0 Å². The Balaban J connectivity index is 2.73. The average molecular weight is 477 g/mol. The summed E-state index contributed by atoms with van der Waals surface area (Å²) in [6, 6.07) is 7.48. The molecule has 1 aromatic carbocycles. The zero-order chi connectivity index (χ0) is 19.4. The number of alkyl carbamates (subject to hydrolysis) is 1. The summed E-state index contributed by atoms with van der Waals surface area (Å²) in [5.74, 6) is 0.262. The van der Waals surface area contributed by atoms with E-state index in [1.165, 1.54) is 7.11 Å². The number of hydrogen-bond acceptors (Lipinski definition) is 5. The van der Waals surface area contributed by atoms with Crippen LogP contribution in [-0.2, 0) is 20.7 Å². The molecule has 0 saturated carbocycles. The van der Waals surface area contributed by atoms with Crippen molar-refractivity contribution in [1.29, 1.82) is 0 Å². The maximum Gasteiger partial charge on any atom is 0.408 e. The fourth-order valence-corrected chi connectivity index (χ4v) is 2.63. The van der Waals surface area contributed by atoms with Gasteiger partial charge in [0.15, 0.2) is 0 Å². The number of rotatable bonds is 11. The summed E-state index contributed by atoms with van der Waals surface area (Å²) < 4.78 is 16.7. The van der Waals surface area contributed by atoms with Crippen LogP contribution in [-0.4, -0.2) is 42.4 Å². The molecule has 0 aromatic heterocycles. The molecule has 1 atom stereocenters. The SMILES string of the molecule is CCCCOC(=O)NC(C)(Cc1ccc(OCCCI)cc1)C(=O)OC. The Morgan fingerprint density at radius 2 is 1.85 bits per heavy atom. The van der Waals surface area contributed by atoms with Gasteiger partial charge in [0.1, 0.15) is 11.3 Å². The summed E-state index contributed by atoms with van der Waals surface area (Å²) >= 11 is 2.31. The number of hydrogen-bond donors (Lipinski definition) is 1. The summed E-state index contributed by atoms with van der Waals surface area (Å²) in [6.07, 6.45) is 2.36. The van der Waals surface area contributed by atoms with Gasteiger partial charge in [-0.25, -0.2) is 9.59 Å². The van der Waals surface area contributed by atoms with E-state index in [2.05, 4.69) is 27.9 Å². The Morgan fingerprint density at radius 1 is 1.15 bits per heavy atom. The number of ether oxygens (including phenoxy) is 3. The van der Waals surface area contributed by atoms with Gasteiger partial charge in [0.05, 0.1) is 20.3 Å². The maximum absolute atomic E-state index is 12.2. The molecule has 0 spiro atoms. The van der Waals surface area contributed by atoms with Crippen LogP contribution in [0.4, 0.5) is 4.79 Å². The predicted octanol–water partition coefficient (Wildman–Crippen LogP) is 3.89. The Labute approximate surface area is 169 Å². The number of nitrogens with one attached hydrogen (secondary N) is 1. The van der Waals surface area contributed by atoms with Gasteiger partial charge < -0.3 is 19.5 Å². The van der Waals surface area contributed by atoms with Crippen LogP contribution in [0.3, 0.4) is 0 Å². The van der Waals surface area contributed by atoms with Crippen molar-refractivity contribution >= 4 is 34.7 Å². The lowest BCUT2D eigenvalue weighted by molar-refractivity contribution is -0.147. The van der Waals surface area contributed by atoms with E-state index in [-0.39, 0.29) is 6.42 Å². The number of methoxy groups -OCH3 is 1. The first-order chi connectivity index (χ1) is 12.4. The van der Waals surface area contributed by atoms with Crippen LogP contribution in [0.1, 0.15) is 38.7 Å². The monoisotopic (exact) mass is 477 g/mol. The Morgan fingerprint density at radius 3 is 2.42 bits per heavy atom. The molecule has 0 heterocycles. The van der Waals surface area contributed by atoms with Crippen molar-refractivity contribution in [1.82, 2.24) is 5.32 Å². The number of amides is 1. The zero-order valence-electron chi connectivity index (χ0n) is 15.7. The molecular formula is C19H28INO5. The molecule has 1 aromatic rings. The van der Waals surface area contributed by atoms with E-state index in [1.807, 2.05) is 31.2 Å². The quantitative estimate of drug-likeness (QED) is 0.227. The van der Waals surface area contributed by atoms with Gasteiger partial charge in [-0.2, -0.15) is 0 Å². The lowest BCUT2D eigenvalue weighted by Crippen LogP contribution is -2.54. The highest BCUT2D eigenvalue weighted by molar-refractivity contribution is 14.1. The normalized spacial score (nSPS) is 12.8. The molecule has 0 aliphatic carbocycles. The van der Waals surface area contributed by atoms with Gasteiger partial charge in [-0.05, 0) is 37.5 Å². The fourth-order valence-electron chi connectivity index (χ4n) is 2.32. The van der Waals surface area contributed by atoms with Crippen molar-refractivity contribution in [2.45, 2.75) is 45.1 Å². The highest BCUT2D eigenvalue weighted by Gasteiger charge is 2.37. The topological polar surface area (TPSA) is 73.9 Å². The van der Waals surface area contributed by atoms with Crippen LogP contribution in [0, 0.1) is 0 Å². The average Bonchev–Trinajstić information content (AvgIpc) is 2.62. The first-order valence-corrected chi connectivity index (χ1v) is 10.3. The summed E-state index contributed by atoms with van der Waals surface area (Å²) in [5.41, 5.74) is -0.324. The maximum atomic E-state index is 12.2. The Bertz CT molecular complexity index is 564. The predicted molar refractivity (Wildman–Crippen MR) is 109 cm³/mol. The fraction of sp³-hybridized carbons (Fsp3) is 0.579. The third kappa shape index (κ3) is 7.80. The van der Waals surface area contributed by atoms with E-state index in [9.17, 15) is 9.59 Å². The third-order valence-corrected chi connectivity index (χ3v) is 4.54. The van der Waals surface area contributed by atoms with Crippen molar-refractivity contribution in [2.75, 3.05) is 24.8 Å². The molecule has 1 unspecified atom stereocenters. The first kappa shape index (κ1) is 22.5. The highest BCUT2D eigenvalue weighted by atomic mass is 127. The highest BCUT2D eigenvalue weighted by Crippen LogP contribution is 2.19. The van der Waals surface area contributed by atoms with Crippen molar-refractivity contribution in [3.63, 3.8) is 0 Å². The summed E-state index contributed by atoms with van der Waals surface area (Å²) in [4.78, 5) is 24.2. The van der Waals surface area contributed by atoms with E-state index >= 15 is 0 Å². The van der Waals surface area contributed by atoms with Gasteiger partial charge in [-0.1, -0.05) is 48.1 Å². The number of carbonyl (C=O) groups is 2. The second-order valence-corrected chi connectivity index (χ2v) is 7.23. The molecule has 1 rings (SSSR count). The molecule has 0 aliphatic rings. The van der Waals surface area contributed by atoms with Crippen LogP contribution in [0.2, 0.25) is 0 Å². The van der Waals surface area contributed by atoms with Crippen LogP contribution in [0.5, 0.6) is 5.75 Å². The van der Waals surface area contributed by atoms with Gasteiger partial charge in [0.2, 0.25) is 0 Å². The van der Waals surface area contributed by atoms with Crippen LogP contribution in [0.15, 0.2) is 24.3 Å². The van der Waals surface area contributed by atoms with Crippen molar-refractivity contribution in [3.8, 4) is 5.75 Å². The summed E-state index contributed by atoms with van der Waals surface area (Å²) in [6.45, 7) is 4.63. The minimum absolute atomic E-state index is 0.288. The molecule has 7 heteroatoms. The summed E-state index contributed by atoms with van der Waals surface area (Å²) in [5, 5.41) is 2.64. The van der Waals surface area contributed by atoms with E-state index in [0.717, 1.165) is 35.0 Å². The van der Waals surface area contributed by atoms with E-state index < -0.39 is 17.6 Å². The van der Waals surface area contributed by atoms with Gasteiger partial charge in [0, 0.05) is 10.8 Å². The van der Waals surface area contributed by atoms with E-state index in [0.29, 0.717) is 13.2 Å². The molecule has 0 radical (unpaired) electrons. The van der Waals surface area contributed by atoms with Crippen LogP contribution < -0.4 is 10.1 Å². The lowest BCUT2D eigenvalue weighted by Gasteiger charge is -2.27. The second-order valence-electron chi connectivity index (χ2n) is 6.15. The number of halogens is 1. The minimum atomic E-state index is -1.21. The molecule has 6 nitrogen and oxygen atoms in total. The molecule has 1 amide bonds. The van der Waals surface area contributed by atoms with E-state index in [1.54, 1.807) is 6.92 Å². The Hall–Kier alpha value is -1.51. The molecule has 0 fully saturated rings. The van der Waals surface area contributed by atoms with Crippen molar-refractivity contribution in [2.24, 2.45) is 0 Å². The molecule has 0 bridgehead atoms. The van der Waals surface area contributed by atoms with Gasteiger partial charge in [0.25, 0.3) is 0 Å². The number of benzene rings is 1. The van der Waals surface area contributed by atoms with Crippen LogP contribution >= 0.6 is 22.6 Å². The number of alkyl halides is 1. The van der Waals surface area contributed by atoms with Crippen molar-refractivity contribution < 1.29 is 23.8 Å². The largest absolute Gasteiger partial charge is 0.494 e. The van der Waals surface area contributed by atoms with Gasteiger partial charge in [-0.3, -0.25) is 0 Å². The molecule has 26 heavy (non-hydrogen) atoms. The number of carbonyl (C=O) groups excluding carboxylic acids is 2. The van der Waals surface area contributed by atoms with E-state index in [4.69, 9.17) is 14.2 Å².